The maximum Gasteiger partial charge on any atom is 0.145 e. The molecule has 5 rings (SSSR count). The molecule has 2 saturated carbocycles. The van der Waals surface area contributed by atoms with Gasteiger partial charge in [-0.2, -0.15) is 0 Å². The van der Waals surface area contributed by atoms with Gasteiger partial charge in [0.2, 0.25) is 0 Å². The van der Waals surface area contributed by atoms with Gasteiger partial charge in [-0.15, -0.1) is 0 Å². The zero-order chi connectivity index (χ0) is 23.6. The zero-order valence-corrected chi connectivity index (χ0v) is 19.2. The van der Waals surface area contributed by atoms with Crippen LogP contribution >= 0.6 is 0 Å². The first kappa shape index (κ1) is 22.6. The summed E-state index contributed by atoms with van der Waals surface area (Å²) in [5, 5.41) is 33.5. The summed E-state index contributed by atoms with van der Waals surface area (Å²) in [4.78, 5) is 0. The lowest BCUT2D eigenvalue weighted by atomic mass is 9.57. The first-order valence-electron chi connectivity index (χ1n) is 12.1. The highest BCUT2D eigenvalue weighted by Gasteiger charge is 2.62. The van der Waals surface area contributed by atoms with Gasteiger partial charge in [0, 0.05) is 23.4 Å². The van der Waals surface area contributed by atoms with E-state index in [1.54, 1.807) is 6.08 Å². The molecule has 0 aliphatic heterocycles. The Labute approximate surface area is 194 Å². The lowest BCUT2D eigenvalue weighted by Crippen LogP contribution is -2.55. The van der Waals surface area contributed by atoms with Crippen LogP contribution in [-0.2, 0) is 0 Å². The number of anilines is 1. The molecule has 0 heterocycles. The minimum absolute atomic E-state index is 0.0689. The molecule has 1 aromatic carbocycles. The minimum Gasteiger partial charge on any atom is -0.405 e. The monoisotopic (exact) mass is 454 g/mol. The Balaban J connectivity index is 1.52. The molecule has 178 valence electrons. The van der Waals surface area contributed by atoms with Gasteiger partial charge < -0.3 is 26.8 Å². The van der Waals surface area contributed by atoms with Crippen molar-refractivity contribution >= 4 is 17.3 Å². The number of benzene rings is 1. The van der Waals surface area contributed by atoms with E-state index >= 15 is 4.39 Å². The number of hydrogen-bond donors (Lipinski definition) is 5. The zero-order valence-electron chi connectivity index (χ0n) is 19.2. The van der Waals surface area contributed by atoms with Crippen molar-refractivity contribution in [1.82, 2.24) is 0 Å². The van der Waals surface area contributed by atoms with Crippen molar-refractivity contribution in [3.8, 4) is 0 Å². The number of nitrogen functional groups attached to an aromatic ring is 1. The molecule has 1 aromatic rings. The highest BCUT2D eigenvalue weighted by atomic mass is 19.1. The van der Waals surface area contributed by atoms with Crippen molar-refractivity contribution in [1.29, 1.82) is 0 Å². The Morgan fingerprint density at radius 2 is 1.94 bits per heavy atom. The molecular formula is C27H35FN2O3. The first-order chi connectivity index (χ1) is 15.6. The molecule has 5 nitrogen and oxygen atoms in total. The smallest absolute Gasteiger partial charge is 0.145 e. The summed E-state index contributed by atoms with van der Waals surface area (Å²) in [6.07, 6.45) is 8.33. The molecule has 4 aliphatic carbocycles. The SMILES string of the molecule is CC12CC=C3C(O)C4(F)CC(O)CCC4CC[C@]3(O)C1CC=C2c1ccc(/C=C\N)c(N)c1. The van der Waals surface area contributed by atoms with Gasteiger partial charge >= 0.3 is 0 Å². The molecule has 7 atom stereocenters. The Kier molecular flexibility index (Phi) is 5.27. The molecule has 0 saturated heterocycles. The third-order valence-electron chi connectivity index (χ3n) is 9.14. The third kappa shape index (κ3) is 3.22. The Morgan fingerprint density at radius 1 is 1.15 bits per heavy atom. The molecule has 4 aliphatic rings. The van der Waals surface area contributed by atoms with Gasteiger partial charge in [0.25, 0.3) is 0 Å². The Morgan fingerprint density at radius 3 is 2.67 bits per heavy atom. The van der Waals surface area contributed by atoms with Gasteiger partial charge in [0.15, 0.2) is 0 Å². The molecule has 2 fully saturated rings. The van der Waals surface area contributed by atoms with E-state index in [-0.39, 0.29) is 23.7 Å². The van der Waals surface area contributed by atoms with Crippen LogP contribution in [0.2, 0.25) is 0 Å². The molecule has 6 heteroatoms. The molecule has 0 spiro atoms. The van der Waals surface area contributed by atoms with E-state index in [4.69, 9.17) is 11.5 Å². The summed E-state index contributed by atoms with van der Waals surface area (Å²) < 4.78 is 16.2. The van der Waals surface area contributed by atoms with Crippen molar-refractivity contribution in [3.63, 3.8) is 0 Å². The van der Waals surface area contributed by atoms with E-state index in [1.165, 1.54) is 6.20 Å². The average molecular weight is 455 g/mol. The standard InChI is InChI=1S/C27H35FN2O3/c1-25-11-9-21-24(32)26(28)15-19(31)5-4-18(26)8-12-27(21,33)23(25)7-6-20(25)17-3-2-16(10-13-29)22(30)14-17/h2-3,6,9-10,13-14,18-19,23-24,31-33H,4-5,7-8,11-12,15,29-30H2,1H3/b13-10-/t18?,19?,23?,24?,25?,26?,27-/m1/s1. The maximum atomic E-state index is 16.2. The summed E-state index contributed by atoms with van der Waals surface area (Å²) in [5.74, 6) is -0.511. The third-order valence-corrected chi connectivity index (χ3v) is 9.14. The predicted octanol–water partition coefficient (Wildman–Crippen LogP) is 3.69. The number of aliphatic hydroxyl groups is 3. The largest absolute Gasteiger partial charge is 0.405 e. The molecule has 0 aromatic heterocycles. The van der Waals surface area contributed by atoms with Gasteiger partial charge in [0.05, 0.1) is 11.7 Å². The highest BCUT2D eigenvalue weighted by Crippen LogP contribution is 2.63. The molecule has 0 radical (unpaired) electrons. The Hall–Kier alpha value is -2.15. The summed E-state index contributed by atoms with van der Waals surface area (Å²) in [6.45, 7) is 2.16. The summed E-state index contributed by atoms with van der Waals surface area (Å²) in [6, 6.07) is 5.93. The quantitative estimate of drug-likeness (QED) is 0.346. The van der Waals surface area contributed by atoms with E-state index in [9.17, 15) is 15.3 Å². The van der Waals surface area contributed by atoms with Gasteiger partial charge in [-0.05, 0) is 85.1 Å². The van der Waals surface area contributed by atoms with Crippen LogP contribution in [0, 0.1) is 17.3 Å². The van der Waals surface area contributed by atoms with Gasteiger partial charge in [-0.1, -0.05) is 31.2 Å². The fourth-order valence-corrected chi connectivity index (χ4v) is 7.34. The van der Waals surface area contributed by atoms with Gasteiger partial charge in [-0.3, -0.25) is 0 Å². The minimum atomic E-state index is -1.89. The van der Waals surface area contributed by atoms with Crippen LogP contribution < -0.4 is 11.5 Å². The Bertz CT molecular complexity index is 1050. The second-order valence-corrected chi connectivity index (χ2v) is 10.8. The van der Waals surface area contributed by atoms with Crippen molar-refractivity contribution in [2.75, 3.05) is 5.73 Å². The number of fused-ring (bicyclic) bond motifs is 4. The maximum absolute atomic E-state index is 16.2. The fraction of sp³-hybridized carbons (Fsp3) is 0.556. The number of nitrogens with two attached hydrogens (primary N) is 2. The van der Waals surface area contributed by atoms with Crippen LogP contribution in [0.4, 0.5) is 10.1 Å². The van der Waals surface area contributed by atoms with E-state index in [1.807, 2.05) is 24.3 Å². The van der Waals surface area contributed by atoms with Crippen LogP contribution in [0.1, 0.15) is 63.0 Å². The number of rotatable bonds is 2. The fourth-order valence-electron chi connectivity index (χ4n) is 7.34. The van der Waals surface area contributed by atoms with Crippen molar-refractivity contribution in [2.24, 2.45) is 23.0 Å². The summed E-state index contributed by atoms with van der Waals surface area (Å²) in [7, 11) is 0. The molecular weight excluding hydrogens is 419 g/mol. The number of halogens is 1. The van der Waals surface area contributed by atoms with E-state index in [2.05, 4.69) is 13.0 Å². The van der Waals surface area contributed by atoms with Crippen LogP contribution in [0.5, 0.6) is 0 Å². The predicted molar refractivity (Wildman–Crippen MR) is 128 cm³/mol. The van der Waals surface area contributed by atoms with Crippen LogP contribution in [0.15, 0.2) is 42.1 Å². The lowest BCUT2D eigenvalue weighted by molar-refractivity contribution is -0.0963. The molecule has 6 unspecified atom stereocenters. The van der Waals surface area contributed by atoms with Gasteiger partial charge in [0.1, 0.15) is 11.8 Å². The molecule has 0 bridgehead atoms. The first-order valence-corrected chi connectivity index (χ1v) is 12.1. The van der Waals surface area contributed by atoms with Crippen LogP contribution in [-0.4, -0.2) is 38.8 Å². The summed E-state index contributed by atoms with van der Waals surface area (Å²) in [5.41, 5.74) is 12.3. The lowest BCUT2D eigenvalue weighted by Gasteiger charge is -2.50. The molecule has 0 amide bonds. The van der Waals surface area contributed by atoms with E-state index < -0.39 is 23.5 Å². The number of alkyl halides is 1. The van der Waals surface area contributed by atoms with Gasteiger partial charge in [-0.25, -0.2) is 4.39 Å². The second-order valence-electron chi connectivity index (χ2n) is 10.8. The normalized spacial score (nSPS) is 42.7. The second kappa shape index (κ2) is 7.69. The van der Waals surface area contributed by atoms with E-state index in [0.717, 1.165) is 16.7 Å². The molecule has 33 heavy (non-hydrogen) atoms. The average Bonchev–Trinajstić information content (AvgIpc) is 3.09. The molecule has 7 N–H and O–H groups in total. The van der Waals surface area contributed by atoms with Crippen LogP contribution in [0.3, 0.4) is 0 Å². The number of hydrogen-bond acceptors (Lipinski definition) is 5. The summed E-state index contributed by atoms with van der Waals surface area (Å²) >= 11 is 0. The van der Waals surface area contributed by atoms with E-state index in [0.29, 0.717) is 49.8 Å². The number of aliphatic hydroxyl groups excluding tert-OH is 2. The topological polar surface area (TPSA) is 113 Å². The van der Waals surface area contributed by atoms with Crippen molar-refractivity contribution < 1.29 is 19.7 Å². The highest BCUT2D eigenvalue weighted by molar-refractivity contribution is 5.78. The van der Waals surface area contributed by atoms with Crippen LogP contribution in [0.25, 0.3) is 11.6 Å². The van der Waals surface area contributed by atoms with Crippen molar-refractivity contribution in [2.45, 2.75) is 75.3 Å². The number of allylic oxidation sites excluding steroid dienone is 3. The van der Waals surface area contributed by atoms with Crippen molar-refractivity contribution in [3.05, 3.63) is 53.3 Å².